The standard InChI is InChI=1S/C21H15N7/c1-3-8-14(9-4-1)17-23-25-20-21-26-24-18(15-10-5-2-6-11-15)28(21)19-16(27(17)20)12-7-13-22-19/h1-13,20,25H. The molecule has 0 saturated heterocycles. The van der Waals surface area contributed by atoms with Crippen LogP contribution in [0.3, 0.4) is 0 Å². The summed E-state index contributed by atoms with van der Waals surface area (Å²) in [5.74, 6) is 3.17. The maximum atomic E-state index is 4.67. The molecule has 2 aliphatic heterocycles. The van der Waals surface area contributed by atoms with E-state index in [1.807, 2.05) is 71.3 Å². The maximum Gasteiger partial charge on any atom is 0.184 e. The molecule has 28 heavy (non-hydrogen) atoms. The number of pyridine rings is 1. The summed E-state index contributed by atoms with van der Waals surface area (Å²) in [6, 6.07) is 24.1. The van der Waals surface area contributed by atoms with E-state index in [0.717, 1.165) is 40.1 Å². The molecule has 4 heterocycles. The molecule has 1 unspecified atom stereocenters. The van der Waals surface area contributed by atoms with Crippen LogP contribution < -0.4 is 10.3 Å². The van der Waals surface area contributed by atoms with Crippen molar-refractivity contribution in [3.8, 4) is 17.2 Å². The van der Waals surface area contributed by atoms with Gasteiger partial charge in [0.05, 0.1) is 5.69 Å². The maximum absolute atomic E-state index is 4.67. The van der Waals surface area contributed by atoms with E-state index in [1.54, 1.807) is 6.20 Å². The lowest BCUT2D eigenvalue weighted by Crippen LogP contribution is -2.39. The van der Waals surface area contributed by atoms with Crippen molar-refractivity contribution in [3.05, 3.63) is 90.4 Å². The van der Waals surface area contributed by atoms with E-state index in [1.165, 1.54) is 0 Å². The number of fused-ring (bicyclic) bond motifs is 6. The van der Waals surface area contributed by atoms with Gasteiger partial charge in [-0.15, -0.1) is 10.2 Å². The van der Waals surface area contributed by atoms with E-state index >= 15 is 0 Å². The van der Waals surface area contributed by atoms with E-state index in [-0.39, 0.29) is 6.17 Å². The molecule has 0 fully saturated rings. The molecule has 0 saturated carbocycles. The topological polar surface area (TPSA) is 71.2 Å². The van der Waals surface area contributed by atoms with E-state index < -0.39 is 0 Å². The minimum Gasteiger partial charge on any atom is -0.291 e. The lowest BCUT2D eigenvalue weighted by molar-refractivity contribution is 0.554. The highest BCUT2D eigenvalue weighted by molar-refractivity contribution is 6.12. The average Bonchev–Trinajstić information content (AvgIpc) is 3.40. The van der Waals surface area contributed by atoms with E-state index in [2.05, 4.69) is 36.7 Å². The van der Waals surface area contributed by atoms with Crippen molar-refractivity contribution in [1.82, 2.24) is 25.2 Å². The lowest BCUT2D eigenvalue weighted by atomic mass is 10.1. The predicted octanol–water partition coefficient (Wildman–Crippen LogP) is 3.11. The normalized spacial score (nSPS) is 16.6. The molecule has 4 aromatic rings. The molecule has 6 rings (SSSR count). The molecule has 7 heteroatoms. The number of amidine groups is 1. The smallest absolute Gasteiger partial charge is 0.184 e. The predicted molar refractivity (Wildman–Crippen MR) is 106 cm³/mol. The number of hydrogen-bond acceptors (Lipinski definition) is 6. The Kier molecular flexibility index (Phi) is 3.10. The van der Waals surface area contributed by atoms with Gasteiger partial charge in [-0.05, 0) is 12.1 Å². The first-order valence-electron chi connectivity index (χ1n) is 9.06. The van der Waals surface area contributed by atoms with Crippen LogP contribution in [0.25, 0.3) is 17.2 Å². The zero-order chi connectivity index (χ0) is 18.5. The van der Waals surface area contributed by atoms with Crippen molar-refractivity contribution in [2.45, 2.75) is 6.17 Å². The average molecular weight is 365 g/mol. The fourth-order valence-electron chi connectivity index (χ4n) is 3.78. The summed E-state index contributed by atoms with van der Waals surface area (Å²) in [5.41, 5.74) is 6.22. The number of hydrazone groups is 1. The fraction of sp³-hybridized carbons (Fsp3) is 0.0476. The number of anilines is 1. The second-order valence-corrected chi connectivity index (χ2v) is 6.63. The van der Waals surface area contributed by atoms with Gasteiger partial charge in [-0.2, -0.15) is 5.10 Å². The SMILES string of the molecule is c1ccc(C2=NNC3c4nnc(-c5ccccc5)n4-c4ncccc4N23)cc1. The molecule has 134 valence electrons. The van der Waals surface area contributed by atoms with E-state index in [0.29, 0.717) is 0 Å². The van der Waals surface area contributed by atoms with Crippen molar-refractivity contribution >= 4 is 11.5 Å². The molecular weight excluding hydrogens is 350 g/mol. The highest BCUT2D eigenvalue weighted by atomic mass is 15.6. The molecule has 0 amide bonds. The number of nitrogens with one attached hydrogen (secondary N) is 1. The van der Waals surface area contributed by atoms with Gasteiger partial charge in [-0.25, -0.2) is 4.98 Å². The van der Waals surface area contributed by atoms with E-state index in [4.69, 9.17) is 0 Å². The van der Waals surface area contributed by atoms with Crippen LogP contribution in [0.5, 0.6) is 0 Å². The monoisotopic (exact) mass is 365 g/mol. The number of nitrogens with zero attached hydrogens (tertiary/aromatic N) is 6. The van der Waals surface area contributed by atoms with Crippen LogP contribution in [0.4, 0.5) is 5.69 Å². The number of benzene rings is 2. The lowest BCUT2D eigenvalue weighted by Gasteiger charge is -2.32. The van der Waals surface area contributed by atoms with E-state index in [9.17, 15) is 0 Å². The number of rotatable bonds is 2. The zero-order valence-corrected chi connectivity index (χ0v) is 14.8. The second-order valence-electron chi connectivity index (χ2n) is 6.63. The van der Waals surface area contributed by atoms with Crippen LogP contribution in [0.15, 0.2) is 84.1 Å². The van der Waals surface area contributed by atoms with Gasteiger partial charge in [0, 0.05) is 17.3 Å². The van der Waals surface area contributed by atoms with Gasteiger partial charge in [-0.3, -0.25) is 14.9 Å². The van der Waals surface area contributed by atoms with Gasteiger partial charge in [0.25, 0.3) is 0 Å². The summed E-state index contributed by atoms with van der Waals surface area (Å²) in [6.07, 6.45) is 1.55. The number of hydrogen-bond donors (Lipinski definition) is 1. The molecule has 7 nitrogen and oxygen atoms in total. The summed E-state index contributed by atoms with van der Waals surface area (Å²) in [7, 11) is 0. The third-order valence-corrected chi connectivity index (χ3v) is 5.01. The van der Waals surface area contributed by atoms with Crippen LogP contribution in [0, 0.1) is 0 Å². The van der Waals surface area contributed by atoms with Crippen LogP contribution in [0.1, 0.15) is 17.6 Å². The summed E-state index contributed by atoms with van der Waals surface area (Å²) in [5, 5.41) is 13.6. The molecule has 0 spiro atoms. The largest absolute Gasteiger partial charge is 0.291 e. The molecule has 2 aromatic carbocycles. The van der Waals surface area contributed by atoms with Gasteiger partial charge in [0.2, 0.25) is 0 Å². The summed E-state index contributed by atoms with van der Waals surface area (Å²) in [4.78, 5) is 6.80. The second kappa shape index (κ2) is 5.75. The van der Waals surface area contributed by atoms with Gasteiger partial charge in [0.15, 0.2) is 29.5 Å². The van der Waals surface area contributed by atoms with Gasteiger partial charge in [-0.1, -0.05) is 60.7 Å². The van der Waals surface area contributed by atoms with Crippen molar-refractivity contribution in [1.29, 1.82) is 0 Å². The highest BCUT2D eigenvalue weighted by Gasteiger charge is 2.41. The Balaban J connectivity index is 1.56. The summed E-state index contributed by atoms with van der Waals surface area (Å²) >= 11 is 0. The van der Waals surface area contributed by atoms with Crippen LogP contribution >= 0.6 is 0 Å². The fourth-order valence-corrected chi connectivity index (χ4v) is 3.78. The molecule has 2 aromatic heterocycles. The minimum atomic E-state index is -0.239. The number of aromatic nitrogens is 4. The molecule has 0 aliphatic carbocycles. The summed E-state index contributed by atoms with van der Waals surface area (Å²) in [6.45, 7) is 0. The third kappa shape index (κ3) is 2.04. The quantitative estimate of drug-likeness (QED) is 0.591. The van der Waals surface area contributed by atoms with Crippen molar-refractivity contribution in [2.24, 2.45) is 5.10 Å². The Hall–Kier alpha value is -4.00. The Bertz CT molecular complexity index is 1200. The van der Waals surface area contributed by atoms with Crippen molar-refractivity contribution < 1.29 is 0 Å². The first-order chi connectivity index (χ1) is 13.9. The van der Waals surface area contributed by atoms with Crippen LogP contribution in [0.2, 0.25) is 0 Å². The van der Waals surface area contributed by atoms with Gasteiger partial charge < -0.3 is 0 Å². The third-order valence-electron chi connectivity index (χ3n) is 5.01. The van der Waals surface area contributed by atoms with Crippen LogP contribution in [-0.2, 0) is 0 Å². The molecular formula is C21H15N7. The first-order valence-corrected chi connectivity index (χ1v) is 9.06. The molecule has 1 N–H and O–H groups in total. The molecule has 0 bridgehead atoms. The summed E-state index contributed by atoms with van der Waals surface area (Å²) < 4.78 is 2.02. The Morgan fingerprint density at radius 3 is 2.32 bits per heavy atom. The molecule has 2 aliphatic rings. The first kappa shape index (κ1) is 15.1. The zero-order valence-electron chi connectivity index (χ0n) is 14.8. The molecule has 0 radical (unpaired) electrons. The van der Waals surface area contributed by atoms with Crippen molar-refractivity contribution in [2.75, 3.05) is 4.90 Å². The Labute approximate surface area is 161 Å². The highest BCUT2D eigenvalue weighted by Crippen LogP contribution is 2.41. The van der Waals surface area contributed by atoms with Crippen molar-refractivity contribution in [3.63, 3.8) is 0 Å². The van der Waals surface area contributed by atoms with Gasteiger partial charge >= 0.3 is 0 Å². The Morgan fingerprint density at radius 2 is 1.54 bits per heavy atom. The minimum absolute atomic E-state index is 0.239. The molecule has 1 atom stereocenters. The Morgan fingerprint density at radius 1 is 0.786 bits per heavy atom. The van der Waals surface area contributed by atoms with Crippen LogP contribution in [-0.4, -0.2) is 25.6 Å². The van der Waals surface area contributed by atoms with Gasteiger partial charge in [0.1, 0.15) is 0 Å².